The van der Waals surface area contributed by atoms with E-state index in [4.69, 9.17) is 0 Å². The lowest BCUT2D eigenvalue weighted by atomic mass is 10.1. The summed E-state index contributed by atoms with van der Waals surface area (Å²) in [6.45, 7) is 0. The Kier molecular flexibility index (Phi) is 2.86. The summed E-state index contributed by atoms with van der Waals surface area (Å²) in [6, 6.07) is 15.8. The van der Waals surface area contributed by atoms with Crippen molar-refractivity contribution in [1.82, 2.24) is 29.3 Å². The molecule has 0 unspecified atom stereocenters. The second kappa shape index (κ2) is 5.00. The number of nitrogens with zero attached hydrogens (tertiary/aromatic N) is 6. The molecule has 1 aromatic carbocycles. The molecule has 0 spiro atoms. The molecule has 3 aromatic heterocycles. The Hall–Kier alpha value is -3.15. The van der Waals surface area contributed by atoms with Crippen LogP contribution in [0.1, 0.15) is 5.56 Å². The van der Waals surface area contributed by atoms with E-state index in [0.29, 0.717) is 0 Å². The van der Waals surface area contributed by atoms with Crippen molar-refractivity contribution < 1.29 is 0 Å². The molecule has 0 aliphatic heterocycles. The fourth-order valence-electron chi connectivity index (χ4n) is 2.73. The van der Waals surface area contributed by atoms with Gasteiger partial charge in [0, 0.05) is 42.7 Å². The van der Waals surface area contributed by atoms with Gasteiger partial charge in [-0.1, -0.05) is 30.3 Å². The fourth-order valence-corrected chi connectivity index (χ4v) is 2.73. The van der Waals surface area contributed by atoms with E-state index in [9.17, 15) is 0 Å². The van der Waals surface area contributed by atoms with Gasteiger partial charge in [0.05, 0.1) is 0 Å². The molecule has 108 valence electrons. The normalized spacial score (nSPS) is 11.6. The lowest BCUT2D eigenvalue weighted by Crippen LogP contribution is -2.50. The Bertz CT molecular complexity index is 732. The molecule has 0 aliphatic carbocycles. The van der Waals surface area contributed by atoms with Crippen LogP contribution in [0.4, 0.5) is 0 Å². The molecule has 6 heteroatoms. The Morgan fingerprint density at radius 3 is 1.41 bits per heavy atom. The van der Waals surface area contributed by atoms with Crippen molar-refractivity contribution in [3.05, 3.63) is 91.3 Å². The van der Waals surface area contributed by atoms with Crippen LogP contribution in [0, 0.1) is 0 Å². The molecule has 0 fully saturated rings. The van der Waals surface area contributed by atoms with Gasteiger partial charge in [-0.25, -0.2) is 14.0 Å². The summed E-state index contributed by atoms with van der Waals surface area (Å²) < 4.78 is 5.55. The number of hydrogen-bond donors (Lipinski definition) is 0. The zero-order valence-electron chi connectivity index (χ0n) is 11.8. The standard InChI is InChI=1S/C16H14N6/c1-2-7-15(8-3-1)16(20-12-4-9-17-20,21-13-5-10-18-21)22-14-6-11-19-22/h1-14H. The molecule has 0 aliphatic rings. The maximum absolute atomic E-state index is 4.47. The van der Waals surface area contributed by atoms with Crippen molar-refractivity contribution in [3.8, 4) is 0 Å². The van der Waals surface area contributed by atoms with Crippen LogP contribution in [-0.4, -0.2) is 29.3 Å². The topological polar surface area (TPSA) is 53.5 Å². The van der Waals surface area contributed by atoms with E-state index < -0.39 is 5.79 Å². The maximum atomic E-state index is 4.47. The summed E-state index contributed by atoms with van der Waals surface area (Å²) in [4.78, 5) is 0. The Morgan fingerprint density at radius 2 is 1.05 bits per heavy atom. The predicted molar refractivity (Wildman–Crippen MR) is 81.0 cm³/mol. The smallest absolute Gasteiger partial charge is 0.221 e. The minimum atomic E-state index is -0.822. The van der Waals surface area contributed by atoms with Gasteiger partial charge in [-0.3, -0.25) is 0 Å². The first-order valence-corrected chi connectivity index (χ1v) is 6.98. The lowest BCUT2D eigenvalue weighted by Gasteiger charge is -2.35. The average Bonchev–Trinajstić information content (AvgIpc) is 3.34. The molecule has 4 rings (SSSR count). The molecule has 0 atom stereocenters. The maximum Gasteiger partial charge on any atom is 0.276 e. The summed E-state index contributed by atoms with van der Waals surface area (Å²) >= 11 is 0. The van der Waals surface area contributed by atoms with Gasteiger partial charge in [-0.2, -0.15) is 15.3 Å². The van der Waals surface area contributed by atoms with Crippen molar-refractivity contribution in [2.75, 3.05) is 0 Å². The van der Waals surface area contributed by atoms with Crippen LogP contribution < -0.4 is 0 Å². The lowest BCUT2D eigenvalue weighted by molar-refractivity contribution is 0.169. The van der Waals surface area contributed by atoms with E-state index in [2.05, 4.69) is 15.3 Å². The highest BCUT2D eigenvalue weighted by atomic mass is 15.6. The third-order valence-electron chi connectivity index (χ3n) is 3.63. The minimum Gasteiger partial charge on any atom is -0.221 e. The summed E-state index contributed by atoms with van der Waals surface area (Å²) in [7, 11) is 0. The number of benzene rings is 1. The van der Waals surface area contributed by atoms with Crippen LogP contribution in [0.15, 0.2) is 85.7 Å². The first-order valence-electron chi connectivity index (χ1n) is 6.98. The van der Waals surface area contributed by atoms with Gasteiger partial charge in [0.25, 0.3) is 5.79 Å². The van der Waals surface area contributed by atoms with E-state index in [1.54, 1.807) is 18.6 Å². The van der Waals surface area contributed by atoms with E-state index in [1.165, 1.54) is 0 Å². The predicted octanol–water partition coefficient (Wildman–Crippen LogP) is 2.03. The van der Waals surface area contributed by atoms with Gasteiger partial charge >= 0.3 is 0 Å². The summed E-state index contributed by atoms with van der Waals surface area (Å²) in [6.07, 6.45) is 11.0. The highest BCUT2D eigenvalue weighted by Gasteiger charge is 2.40. The monoisotopic (exact) mass is 290 g/mol. The number of hydrogen-bond acceptors (Lipinski definition) is 3. The molecular weight excluding hydrogens is 276 g/mol. The summed E-state index contributed by atoms with van der Waals surface area (Å²) in [5.41, 5.74) is 1.01. The van der Waals surface area contributed by atoms with E-state index in [1.807, 2.05) is 81.2 Å². The third kappa shape index (κ3) is 1.70. The van der Waals surface area contributed by atoms with Crippen LogP contribution in [0.3, 0.4) is 0 Å². The van der Waals surface area contributed by atoms with Crippen LogP contribution in [0.25, 0.3) is 0 Å². The Balaban J connectivity index is 2.10. The van der Waals surface area contributed by atoms with E-state index in [0.717, 1.165) is 5.56 Å². The number of aromatic nitrogens is 6. The van der Waals surface area contributed by atoms with Gasteiger partial charge in [0.1, 0.15) is 0 Å². The number of rotatable bonds is 4. The minimum absolute atomic E-state index is 0.822. The molecule has 0 amide bonds. The molecule has 6 nitrogen and oxygen atoms in total. The van der Waals surface area contributed by atoms with Gasteiger partial charge in [-0.15, -0.1) is 0 Å². The third-order valence-corrected chi connectivity index (χ3v) is 3.63. The Morgan fingerprint density at radius 1 is 0.591 bits per heavy atom. The largest absolute Gasteiger partial charge is 0.276 e. The summed E-state index contributed by atoms with van der Waals surface area (Å²) in [5, 5.41) is 13.4. The highest BCUT2D eigenvalue weighted by Crippen LogP contribution is 2.28. The SMILES string of the molecule is c1ccc(C(n2cccn2)(n2cccn2)n2cccn2)cc1. The van der Waals surface area contributed by atoms with Crippen LogP contribution >= 0.6 is 0 Å². The molecule has 0 bridgehead atoms. The second-order valence-corrected chi connectivity index (χ2v) is 4.85. The Labute approximate surface area is 127 Å². The van der Waals surface area contributed by atoms with Crippen molar-refractivity contribution >= 4 is 0 Å². The first-order chi connectivity index (χ1) is 10.9. The highest BCUT2D eigenvalue weighted by molar-refractivity contribution is 5.26. The van der Waals surface area contributed by atoms with E-state index in [-0.39, 0.29) is 0 Å². The molecule has 0 saturated heterocycles. The van der Waals surface area contributed by atoms with Crippen LogP contribution in [-0.2, 0) is 5.79 Å². The summed E-state index contributed by atoms with van der Waals surface area (Å²) in [5.74, 6) is -0.822. The van der Waals surface area contributed by atoms with Gasteiger partial charge in [-0.05, 0) is 18.2 Å². The zero-order chi connectivity index (χ0) is 14.8. The average molecular weight is 290 g/mol. The quantitative estimate of drug-likeness (QED) is 0.578. The van der Waals surface area contributed by atoms with Crippen molar-refractivity contribution in [1.29, 1.82) is 0 Å². The van der Waals surface area contributed by atoms with Gasteiger partial charge < -0.3 is 0 Å². The van der Waals surface area contributed by atoms with Gasteiger partial charge in [0.15, 0.2) is 0 Å². The van der Waals surface area contributed by atoms with Gasteiger partial charge in [0.2, 0.25) is 0 Å². The molecule has 0 saturated carbocycles. The first kappa shape index (κ1) is 12.6. The van der Waals surface area contributed by atoms with Crippen LogP contribution in [0.2, 0.25) is 0 Å². The molecule has 0 N–H and O–H groups in total. The fraction of sp³-hybridized carbons (Fsp3) is 0.0625. The zero-order valence-corrected chi connectivity index (χ0v) is 11.8. The van der Waals surface area contributed by atoms with Crippen molar-refractivity contribution in [2.45, 2.75) is 5.79 Å². The molecule has 4 aromatic rings. The molecule has 22 heavy (non-hydrogen) atoms. The van der Waals surface area contributed by atoms with Crippen molar-refractivity contribution in [3.63, 3.8) is 0 Å². The second-order valence-electron chi connectivity index (χ2n) is 4.85. The van der Waals surface area contributed by atoms with E-state index >= 15 is 0 Å². The molecule has 3 heterocycles. The van der Waals surface area contributed by atoms with Crippen LogP contribution in [0.5, 0.6) is 0 Å². The molecular formula is C16H14N6. The molecule has 0 radical (unpaired) electrons. The van der Waals surface area contributed by atoms with Crippen molar-refractivity contribution in [2.24, 2.45) is 0 Å².